The van der Waals surface area contributed by atoms with E-state index in [2.05, 4.69) is 15.6 Å². The van der Waals surface area contributed by atoms with Crippen molar-refractivity contribution in [1.29, 1.82) is 0 Å². The number of carbonyl (C=O) groups excluding carboxylic acids is 1. The van der Waals surface area contributed by atoms with Gasteiger partial charge in [-0.2, -0.15) is 0 Å². The number of amides is 1. The Balaban J connectivity index is 1.59. The average Bonchev–Trinajstić information content (AvgIpc) is 3.27. The number of morpholine rings is 1. The van der Waals surface area contributed by atoms with Crippen LogP contribution in [-0.2, 0) is 16.0 Å². The molecule has 1 aromatic heterocycles. The number of hydrogen-bond donors (Lipinski definition) is 2. The van der Waals surface area contributed by atoms with Crippen LogP contribution in [0, 0.1) is 0 Å². The van der Waals surface area contributed by atoms with Gasteiger partial charge in [0.2, 0.25) is 5.91 Å². The van der Waals surface area contributed by atoms with Crippen LogP contribution in [0.1, 0.15) is 17.2 Å². The molecule has 1 saturated heterocycles. The van der Waals surface area contributed by atoms with E-state index in [1.807, 2.05) is 47.4 Å². The minimum absolute atomic E-state index is 0.119. The molecule has 0 aliphatic carbocycles. The molecule has 1 unspecified atom stereocenters. The van der Waals surface area contributed by atoms with Crippen molar-refractivity contribution in [1.82, 2.24) is 15.5 Å². The maximum atomic E-state index is 13.1. The predicted molar refractivity (Wildman–Crippen MR) is 108 cm³/mol. The summed E-state index contributed by atoms with van der Waals surface area (Å²) in [6, 6.07) is 13.7. The van der Waals surface area contributed by atoms with Gasteiger partial charge in [-0.25, -0.2) is 0 Å². The molecule has 2 aromatic rings. The van der Waals surface area contributed by atoms with Crippen LogP contribution in [0.5, 0.6) is 0 Å². The fraction of sp³-hybridized carbons (Fsp3) is 0.429. The summed E-state index contributed by atoms with van der Waals surface area (Å²) >= 11 is 0. The minimum Gasteiger partial charge on any atom is -0.469 e. The summed E-state index contributed by atoms with van der Waals surface area (Å²) in [5, 5.41) is 6.56. The van der Waals surface area contributed by atoms with E-state index in [0.717, 1.165) is 17.7 Å². The van der Waals surface area contributed by atoms with E-state index >= 15 is 0 Å². The first-order chi connectivity index (χ1) is 13.8. The molecule has 3 rings (SSSR count). The quantitative estimate of drug-likeness (QED) is 0.560. The van der Waals surface area contributed by atoms with E-state index in [1.165, 1.54) is 0 Å². The maximum absolute atomic E-state index is 13.1. The molecule has 7 nitrogen and oxygen atoms in total. The molecular weight excluding hydrogens is 356 g/mol. The molecule has 0 bridgehead atoms. The van der Waals surface area contributed by atoms with Crippen molar-refractivity contribution < 1.29 is 13.9 Å². The molecule has 150 valence electrons. The number of benzene rings is 1. The number of carbonyl (C=O) groups is 1. The second kappa shape index (κ2) is 10.5. The van der Waals surface area contributed by atoms with Gasteiger partial charge in [-0.3, -0.25) is 9.79 Å². The number of nitrogens with zero attached hydrogens (tertiary/aromatic N) is 2. The van der Waals surface area contributed by atoms with E-state index in [1.54, 1.807) is 13.3 Å². The van der Waals surface area contributed by atoms with Gasteiger partial charge >= 0.3 is 0 Å². The lowest BCUT2D eigenvalue weighted by Crippen LogP contribution is -2.47. The molecule has 2 N–H and O–H groups in total. The lowest BCUT2D eigenvalue weighted by molar-refractivity contribution is -0.136. The first-order valence-corrected chi connectivity index (χ1v) is 9.66. The number of nitrogens with one attached hydrogen (secondary N) is 2. The second-order valence-electron chi connectivity index (χ2n) is 6.61. The van der Waals surface area contributed by atoms with Gasteiger partial charge in [-0.15, -0.1) is 0 Å². The van der Waals surface area contributed by atoms with E-state index in [9.17, 15) is 4.79 Å². The second-order valence-corrected chi connectivity index (χ2v) is 6.61. The Morgan fingerprint density at radius 1 is 1.14 bits per heavy atom. The number of aliphatic imine (C=N–C) groups is 1. The summed E-state index contributed by atoms with van der Waals surface area (Å²) in [5.74, 6) is 1.44. The molecule has 1 amide bonds. The van der Waals surface area contributed by atoms with Crippen molar-refractivity contribution >= 4 is 11.9 Å². The zero-order valence-electron chi connectivity index (χ0n) is 16.3. The monoisotopic (exact) mass is 384 g/mol. The topological polar surface area (TPSA) is 79.1 Å². The van der Waals surface area contributed by atoms with Crippen molar-refractivity contribution in [2.24, 2.45) is 4.99 Å². The van der Waals surface area contributed by atoms with Crippen molar-refractivity contribution in [2.75, 3.05) is 46.4 Å². The summed E-state index contributed by atoms with van der Waals surface area (Å²) in [6.45, 7) is 3.63. The Bertz CT molecular complexity index is 740. The molecule has 0 saturated carbocycles. The van der Waals surface area contributed by atoms with Crippen LogP contribution in [0.4, 0.5) is 0 Å². The standard InChI is InChI=1S/C21H28N4O3/c1-22-21(23-10-9-18-8-5-13-28-18)24-16-19(17-6-3-2-4-7-17)20(26)25-11-14-27-15-12-25/h2-8,13,19H,9-12,14-16H2,1H3,(H2,22,23,24). The van der Waals surface area contributed by atoms with Crippen LogP contribution >= 0.6 is 0 Å². The van der Waals surface area contributed by atoms with E-state index in [4.69, 9.17) is 9.15 Å². The molecule has 1 aliphatic heterocycles. The highest BCUT2D eigenvalue weighted by Gasteiger charge is 2.27. The summed E-state index contributed by atoms with van der Waals surface area (Å²) < 4.78 is 10.7. The third kappa shape index (κ3) is 5.60. The van der Waals surface area contributed by atoms with Crippen molar-refractivity contribution in [3.05, 3.63) is 60.1 Å². The number of guanidine groups is 1. The molecule has 7 heteroatoms. The number of ether oxygens (including phenoxy) is 1. The van der Waals surface area contributed by atoms with Crippen LogP contribution in [0.3, 0.4) is 0 Å². The summed E-state index contributed by atoms with van der Waals surface area (Å²) in [4.78, 5) is 19.3. The molecule has 0 radical (unpaired) electrons. The van der Waals surface area contributed by atoms with Crippen LogP contribution in [0.2, 0.25) is 0 Å². The lowest BCUT2D eigenvalue weighted by atomic mass is 9.97. The normalized spacial score (nSPS) is 15.9. The summed E-state index contributed by atoms with van der Waals surface area (Å²) in [7, 11) is 1.73. The van der Waals surface area contributed by atoms with Gasteiger partial charge in [0.15, 0.2) is 5.96 Å². The first-order valence-electron chi connectivity index (χ1n) is 9.66. The lowest BCUT2D eigenvalue weighted by Gasteiger charge is -2.31. The van der Waals surface area contributed by atoms with E-state index in [-0.39, 0.29) is 11.8 Å². The average molecular weight is 384 g/mol. The third-order valence-electron chi connectivity index (χ3n) is 4.76. The number of furan rings is 1. The molecule has 1 aromatic carbocycles. The molecule has 2 heterocycles. The van der Waals surface area contributed by atoms with Gasteiger partial charge in [0.1, 0.15) is 5.76 Å². The van der Waals surface area contributed by atoms with Gasteiger partial charge in [0.25, 0.3) is 0 Å². The zero-order chi connectivity index (χ0) is 19.6. The Hall–Kier alpha value is -2.80. The van der Waals surface area contributed by atoms with Crippen LogP contribution in [0.15, 0.2) is 58.1 Å². The Morgan fingerprint density at radius 3 is 2.61 bits per heavy atom. The molecule has 1 fully saturated rings. The van der Waals surface area contributed by atoms with Crippen molar-refractivity contribution in [3.63, 3.8) is 0 Å². The van der Waals surface area contributed by atoms with Gasteiger partial charge in [0, 0.05) is 39.6 Å². The first kappa shape index (κ1) is 19.9. The molecule has 1 atom stereocenters. The van der Waals surface area contributed by atoms with Crippen molar-refractivity contribution in [3.8, 4) is 0 Å². The zero-order valence-corrected chi connectivity index (χ0v) is 16.3. The molecular formula is C21H28N4O3. The highest BCUT2D eigenvalue weighted by atomic mass is 16.5. The van der Waals surface area contributed by atoms with E-state index in [0.29, 0.717) is 45.4 Å². The van der Waals surface area contributed by atoms with Gasteiger partial charge in [-0.1, -0.05) is 30.3 Å². The minimum atomic E-state index is -0.275. The van der Waals surface area contributed by atoms with Crippen LogP contribution in [-0.4, -0.2) is 63.2 Å². The number of rotatable bonds is 7. The predicted octanol–water partition coefficient (Wildman–Crippen LogP) is 1.63. The Labute approximate surface area is 165 Å². The van der Waals surface area contributed by atoms with Crippen molar-refractivity contribution in [2.45, 2.75) is 12.3 Å². The fourth-order valence-electron chi connectivity index (χ4n) is 3.22. The molecule has 28 heavy (non-hydrogen) atoms. The van der Waals surface area contributed by atoms with E-state index < -0.39 is 0 Å². The third-order valence-corrected chi connectivity index (χ3v) is 4.76. The number of hydrogen-bond acceptors (Lipinski definition) is 4. The van der Waals surface area contributed by atoms with Gasteiger partial charge in [0.05, 0.1) is 25.4 Å². The van der Waals surface area contributed by atoms with Gasteiger partial charge in [-0.05, 0) is 17.7 Å². The highest BCUT2D eigenvalue weighted by molar-refractivity contribution is 5.86. The smallest absolute Gasteiger partial charge is 0.232 e. The molecule has 0 spiro atoms. The maximum Gasteiger partial charge on any atom is 0.232 e. The van der Waals surface area contributed by atoms with Crippen LogP contribution < -0.4 is 10.6 Å². The van der Waals surface area contributed by atoms with Gasteiger partial charge < -0.3 is 24.7 Å². The SMILES string of the molecule is CN=C(NCCc1ccco1)NCC(C(=O)N1CCOCC1)c1ccccc1. The largest absolute Gasteiger partial charge is 0.469 e. The summed E-state index contributed by atoms with van der Waals surface area (Å²) in [5.41, 5.74) is 0.998. The Morgan fingerprint density at radius 2 is 1.93 bits per heavy atom. The summed E-state index contributed by atoms with van der Waals surface area (Å²) in [6.07, 6.45) is 2.44. The fourth-order valence-corrected chi connectivity index (χ4v) is 3.22. The Kier molecular flexibility index (Phi) is 7.49. The van der Waals surface area contributed by atoms with Crippen LogP contribution in [0.25, 0.3) is 0 Å². The highest BCUT2D eigenvalue weighted by Crippen LogP contribution is 2.18. The molecule has 1 aliphatic rings.